The van der Waals surface area contributed by atoms with Gasteiger partial charge in [-0.2, -0.15) is 4.98 Å². The number of aromatic nitrogens is 3. The third-order valence-corrected chi connectivity index (χ3v) is 3.83. The number of aryl methyl sites for hydroxylation is 2. The Labute approximate surface area is 133 Å². The van der Waals surface area contributed by atoms with Gasteiger partial charge in [-0.15, -0.1) is 0 Å². The molecule has 114 valence electrons. The van der Waals surface area contributed by atoms with Crippen molar-refractivity contribution in [3.05, 3.63) is 34.9 Å². The molecule has 6 heteroatoms. The molecule has 22 heavy (non-hydrogen) atoms. The first-order chi connectivity index (χ1) is 10.5. The maximum Gasteiger partial charge on any atom is 0.215 e. The molecule has 3 aromatic rings. The van der Waals surface area contributed by atoms with Gasteiger partial charge >= 0.3 is 0 Å². The van der Waals surface area contributed by atoms with E-state index in [1.165, 1.54) is 6.07 Å². The van der Waals surface area contributed by atoms with Gasteiger partial charge in [0.1, 0.15) is 11.6 Å². The van der Waals surface area contributed by atoms with Crippen molar-refractivity contribution in [1.82, 2.24) is 14.5 Å². The van der Waals surface area contributed by atoms with E-state index in [1.807, 2.05) is 30.5 Å². The molecular formula is C16H16ClN3O2. The van der Waals surface area contributed by atoms with Crippen LogP contribution in [0.2, 0.25) is 5.02 Å². The summed E-state index contributed by atoms with van der Waals surface area (Å²) in [4.78, 5) is 8.95. The van der Waals surface area contributed by atoms with Crippen molar-refractivity contribution in [1.29, 1.82) is 0 Å². The Morgan fingerprint density at radius 3 is 2.68 bits per heavy atom. The largest absolute Gasteiger partial charge is 0.507 e. The summed E-state index contributed by atoms with van der Waals surface area (Å²) in [5.41, 5.74) is 3.02. The van der Waals surface area contributed by atoms with Gasteiger partial charge in [0.15, 0.2) is 5.65 Å². The van der Waals surface area contributed by atoms with Gasteiger partial charge < -0.3 is 14.4 Å². The van der Waals surface area contributed by atoms with E-state index in [4.69, 9.17) is 16.3 Å². The number of fused-ring (bicyclic) bond motifs is 1. The average Bonchev–Trinajstić information content (AvgIpc) is 2.83. The van der Waals surface area contributed by atoms with Gasteiger partial charge in [-0.1, -0.05) is 11.6 Å². The highest BCUT2D eigenvalue weighted by Crippen LogP contribution is 2.36. The first-order valence-electron chi connectivity index (χ1n) is 6.96. The minimum atomic E-state index is 0.113. The molecule has 0 radical (unpaired) electrons. The molecule has 0 aliphatic rings. The van der Waals surface area contributed by atoms with Crippen LogP contribution in [0.1, 0.15) is 12.5 Å². The maximum absolute atomic E-state index is 10.3. The Kier molecular flexibility index (Phi) is 3.66. The number of phenols is 1. The molecule has 2 heterocycles. The number of hydrogen-bond acceptors (Lipinski definition) is 4. The van der Waals surface area contributed by atoms with Crippen molar-refractivity contribution >= 4 is 22.8 Å². The summed E-state index contributed by atoms with van der Waals surface area (Å²) in [6, 6.07) is 7.05. The van der Waals surface area contributed by atoms with Crippen molar-refractivity contribution < 1.29 is 9.84 Å². The third-order valence-electron chi connectivity index (χ3n) is 3.62. The van der Waals surface area contributed by atoms with Crippen molar-refractivity contribution in [2.75, 3.05) is 7.11 Å². The predicted molar refractivity (Wildman–Crippen MR) is 86.6 cm³/mol. The van der Waals surface area contributed by atoms with E-state index in [2.05, 4.69) is 9.97 Å². The molecule has 5 nitrogen and oxygen atoms in total. The van der Waals surface area contributed by atoms with Crippen LogP contribution in [-0.4, -0.2) is 26.8 Å². The smallest absolute Gasteiger partial charge is 0.215 e. The molecule has 0 saturated heterocycles. The minimum absolute atomic E-state index is 0.113. The predicted octanol–water partition coefficient (Wildman–Crippen LogP) is 3.79. The lowest BCUT2D eigenvalue weighted by Crippen LogP contribution is -1.99. The molecule has 0 amide bonds. The van der Waals surface area contributed by atoms with E-state index < -0.39 is 0 Å². The Morgan fingerprint density at radius 2 is 2.05 bits per heavy atom. The number of ether oxygens (including phenoxy) is 1. The zero-order valence-corrected chi connectivity index (χ0v) is 13.3. The highest BCUT2D eigenvalue weighted by atomic mass is 35.5. The van der Waals surface area contributed by atoms with Gasteiger partial charge in [-0.25, -0.2) is 4.98 Å². The van der Waals surface area contributed by atoms with Crippen LogP contribution in [0.25, 0.3) is 22.6 Å². The third kappa shape index (κ3) is 2.27. The minimum Gasteiger partial charge on any atom is -0.507 e. The fourth-order valence-electron chi connectivity index (χ4n) is 2.63. The lowest BCUT2D eigenvalue weighted by Gasteiger charge is -2.11. The summed E-state index contributed by atoms with van der Waals surface area (Å²) in [7, 11) is 1.57. The van der Waals surface area contributed by atoms with Crippen LogP contribution in [0, 0.1) is 6.92 Å². The zero-order chi connectivity index (χ0) is 15.9. The fourth-order valence-corrected chi connectivity index (χ4v) is 2.90. The van der Waals surface area contributed by atoms with E-state index in [9.17, 15) is 5.11 Å². The molecule has 0 fully saturated rings. The van der Waals surface area contributed by atoms with Crippen molar-refractivity contribution in [3.8, 4) is 23.0 Å². The van der Waals surface area contributed by atoms with E-state index in [0.29, 0.717) is 34.5 Å². The second-order valence-corrected chi connectivity index (χ2v) is 5.43. The quantitative estimate of drug-likeness (QED) is 0.798. The number of aromatic hydroxyl groups is 1. The zero-order valence-electron chi connectivity index (χ0n) is 12.6. The Morgan fingerprint density at radius 1 is 1.27 bits per heavy atom. The number of imidazole rings is 1. The maximum atomic E-state index is 10.3. The number of phenolic OH excluding ortho intramolecular Hbond substituents is 1. The summed E-state index contributed by atoms with van der Waals surface area (Å²) in [5.74, 6) is 1.30. The molecule has 2 aromatic heterocycles. The summed E-state index contributed by atoms with van der Waals surface area (Å²) in [5, 5.41) is 10.8. The highest BCUT2D eigenvalue weighted by Gasteiger charge is 2.18. The normalized spacial score (nSPS) is 11.1. The van der Waals surface area contributed by atoms with Crippen LogP contribution in [0.3, 0.4) is 0 Å². The SMILES string of the molecule is CCn1c(-c2c(C)cc(Cl)cc2O)nc2nc(OC)ccc21. The lowest BCUT2D eigenvalue weighted by atomic mass is 10.1. The summed E-state index contributed by atoms with van der Waals surface area (Å²) in [6.07, 6.45) is 0. The van der Waals surface area contributed by atoms with E-state index in [1.54, 1.807) is 13.2 Å². The van der Waals surface area contributed by atoms with Crippen molar-refractivity contribution in [3.63, 3.8) is 0 Å². The highest BCUT2D eigenvalue weighted by molar-refractivity contribution is 6.31. The molecule has 1 aromatic carbocycles. The number of halogens is 1. The molecule has 0 unspecified atom stereocenters. The Bertz CT molecular complexity index is 835. The van der Waals surface area contributed by atoms with Crippen LogP contribution in [0.15, 0.2) is 24.3 Å². The summed E-state index contributed by atoms with van der Waals surface area (Å²) >= 11 is 5.99. The number of benzene rings is 1. The second kappa shape index (κ2) is 5.50. The topological polar surface area (TPSA) is 60.2 Å². The Balaban J connectivity index is 2.31. The molecular weight excluding hydrogens is 302 g/mol. The van der Waals surface area contributed by atoms with Crippen LogP contribution in [0.5, 0.6) is 11.6 Å². The van der Waals surface area contributed by atoms with Crippen molar-refractivity contribution in [2.45, 2.75) is 20.4 Å². The van der Waals surface area contributed by atoms with Gasteiger partial charge in [0.25, 0.3) is 0 Å². The van der Waals surface area contributed by atoms with Crippen LogP contribution < -0.4 is 4.74 Å². The van der Waals surface area contributed by atoms with Crippen LogP contribution in [0.4, 0.5) is 0 Å². The lowest BCUT2D eigenvalue weighted by molar-refractivity contribution is 0.399. The van der Waals surface area contributed by atoms with Crippen LogP contribution in [-0.2, 0) is 6.54 Å². The average molecular weight is 318 g/mol. The van der Waals surface area contributed by atoms with E-state index in [-0.39, 0.29) is 5.75 Å². The molecule has 0 spiro atoms. The molecule has 0 aliphatic carbocycles. The van der Waals surface area contributed by atoms with Gasteiger partial charge in [0, 0.05) is 17.6 Å². The number of hydrogen-bond donors (Lipinski definition) is 1. The van der Waals surface area contributed by atoms with E-state index in [0.717, 1.165) is 11.1 Å². The first kappa shape index (κ1) is 14.7. The molecule has 3 rings (SSSR count). The Hall–Kier alpha value is -2.27. The summed E-state index contributed by atoms with van der Waals surface area (Å²) < 4.78 is 7.16. The van der Waals surface area contributed by atoms with Gasteiger partial charge in [-0.3, -0.25) is 0 Å². The monoisotopic (exact) mass is 317 g/mol. The number of nitrogens with zero attached hydrogens (tertiary/aromatic N) is 3. The second-order valence-electron chi connectivity index (χ2n) is 4.99. The molecule has 0 saturated carbocycles. The number of pyridine rings is 1. The van der Waals surface area contributed by atoms with E-state index >= 15 is 0 Å². The van der Waals surface area contributed by atoms with Gasteiger partial charge in [0.05, 0.1) is 18.2 Å². The number of methoxy groups -OCH3 is 1. The van der Waals surface area contributed by atoms with Gasteiger partial charge in [0.2, 0.25) is 5.88 Å². The van der Waals surface area contributed by atoms with Crippen LogP contribution >= 0.6 is 11.6 Å². The summed E-state index contributed by atoms with van der Waals surface area (Å²) in [6.45, 7) is 4.63. The fraction of sp³-hybridized carbons (Fsp3) is 0.250. The molecule has 1 N–H and O–H groups in total. The van der Waals surface area contributed by atoms with Gasteiger partial charge in [-0.05, 0) is 37.6 Å². The van der Waals surface area contributed by atoms with Crippen molar-refractivity contribution in [2.24, 2.45) is 0 Å². The standard InChI is InChI=1S/C16H16ClN3O2/c1-4-20-11-5-6-13(22-3)18-15(11)19-16(20)14-9(2)7-10(17)8-12(14)21/h5-8,21H,4H2,1-3H3. The number of rotatable bonds is 3. The first-order valence-corrected chi connectivity index (χ1v) is 7.33. The molecule has 0 bridgehead atoms. The molecule has 0 aliphatic heterocycles. The molecule has 0 atom stereocenters.